The van der Waals surface area contributed by atoms with Gasteiger partial charge in [-0.3, -0.25) is 0 Å². The summed E-state index contributed by atoms with van der Waals surface area (Å²) in [6, 6.07) is 12.2. The zero-order valence-corrected chi connectivity index (χ0v) is 11.7. The van der Waals surface area contributed by atoms with Crippen LogP contribution in [0.4, 0.5) is 14.5 Å². The lowest BCUT2D eigenvalue weighted by Gasteiger charge is -2.25. The van der Waals surface area contributed by atoms with Crippen molar-refractivity contribution in [2.24, 2.45) is 5.73 Å². The summed E-state index contributed by atoms with van der Waals surface area (Å²) in [6.45, 7) is 1.42. The van der Waals surface area contributed by atoms with Crippen molar-refractivity contribution in [1.82, 2.24) is 0 Å². The normalized spacial score (nSPS) is 18.2. The second kappa shape index (κ2) is 5.82. The van der Waals surface area contributed by atoms with Gasteiger partial charge >= 0.3 is 0 Å². The molecular weight excluding hydrogens is 270 g/mol. The molecule has 1 atom stereocenters. The molecule has 0 aromatic heterocycles. The molecule has 2 N–H and O–H groups in total. The minimum Gasteiger partial charge on any atom is -0.367 e. The molecular formula is C17H18F2N2. The number of nitrogens with two attached hydrogens (primary N) is 1. The van der Waals surface area contributed by atoms with Gasteiger partial charge in [0.1, 0.15) is 0 Å². The van der Waals surface area contributed by atoms with Gasteiger partial charge in [0.05, 0.1) is 0 Å². The van der Waals surface area contributed by atoms with Gasteiger partial charge in [-0.2, -0.15) is 0 Å². The fourth-order valence-electron chi connectivity index (χ4n) is 2.89. The van der Waals surface area contributed by atoms with E-state index in [2.05, 4.69) is 4.90 Å². The Bertz CT molecular complexity index is 642. The zero-order chi connectivity index (χ0) is 14.8. The Kier molecular flexibility index (Phi) is 3.88. The van der Waals surface area contributed by atoms with Crippen LogP contribution < -0.4 is 10.6 Å². The van der Waals surface area contributed by atoms with E-state index in [1.807, 2.05) is 24.3 Å². The number of anilines is 1. The lowest BCUT2D eigenvalue weighted by Crippen LogP contribution is -2.23. The molecule has 0 bridgehead atoms. The smallest absolute Gasteiger partial charge is 0.159 e. The molecule has 0 amide bonds. The minimum absolute atomic E-state index is 0.0381. The molecule has 3 rings (SSSR count). The van der Waals surface area contributed by atoms with E-state index in [0.29, 0.717) is 6.54 Å². The Labute approximate surface area is 123 Å². The first-order valence-corrected chi connectivity index (χ1v) is 7.18. The molecule has 21 heavy (non-hydrogen) atoms. The van der Waals surface area contributed by atoms with E-state index in [1.54, 1.807) is 6.07 Å². The molecule has 0 fully saturated rings. The van der Waals surface area contributed by atoms with Gasteiger partial charge in [0.2, 0.25) is 0 Å². The quantitative estimate of drug-likeness (QED) is 0.911. The topological polar surface area (TPSA) is 29.3 Å². The first-order chi connectivity index (χ1) is 10.1. The molecule has 1 unspecified atom stereocenters. The lowest BCUT2D eigenvalue weighted by molar-refractivity contribution is 0.506. The van der Waals surface area contributed by atoms with E-state index in [0.717, 1.165) is 36.2 Å². The summed E-state index contributed by atoms with van der Waals surface area (Å²) in [5.74, 6) is -1.61. The molecule has 2 aromatic carbocycles. The van der Waals surface area contributed by atoms with Gasteiger partial charge in [-0.1, -0.05) is 24.3 Å². The van der Waals surface area contributed by atoms with Gasteiger partial charge in [0.25, 0.3) is 0 Å². The molecule has 0 radical (unpaired) electrons. The first-order valence-electron chi connectivity index (χ1n) is 7.18. The predicted molar refractivity (Wildman–Crippen MR) is 80.0 cm³/mol. The lowest BCUT2D eigenvalue weighted by atomic mass is 10.0. The van der Waals surface area contributed by atoms with Crippen LogP contribution in [0.3, 0.4) is 0 Å². The zero-order valence-electron chi connectivity index (χ0n) is 11.7. The summed E-state index contributed by atoms with van der Waals surface area (Å²) in [4.78, 5) is 2.19. The number of hydrogen-bond acceptors (Lipinski definition) is 2. The van der Waals surface area contributed by atoms with E-state index in [-0.39, 0.29) is 6.04 Å². The monoisotopic (exact) mass is 288 g/mol. The average molecular weight is 288 g/mol. The highest BCUT2D eigenvalue weighted by Crippen LogP contribution is 2.32. The van der Waals surface area contributed by atoms with Crippen molar-refractivity contribution < 1.29 is 8.78 Å². The number of para-hydroxylation sites is 1. The Morgan fingerprint density at radius 3 is 2.71 bits per heavy atom. The molecule has 2 nitrogen and oxygen atoms in total. The fraction of sp³-hybridized carbons (Fsp3) is 0.294. The highest BCUT2D eigenvalue weighted by Gasteiger charge is 2.20. The Hall–Kier alpha value is -1.94. The van der Waals surface area contributed by atoms with Crippen LogP contribution in [0.5, 0.6) is 0 Å². The van der Waals surface area contributed by atoms with E-state index in [4.69, 9.17) is 5.73 Å². The van der Waals surface area contributed by atoms with Gasteiger partial charge in [-0.05, 0) is 42.2 Å². The van der Waals surface area contributed by atoms with E-state index < -0.39 is 11.6 Å². The molecule has 0 saturated heterocycles. The second-order valence-corrected chi connectivity index (χ2v) is 5.48. The average Bonchev–Trinajstić information content (AvgIpc) is 2.64. The molecule has 110 valence electrons. The fourth-order valence-corrected chi connectivity index (χ4v) is 2.89. The second-order valence-electron chi connectivity index (χ2n) is 5.48. The highest BCUT2D eigenvalue weighted by molar-refractivity contribution is 5.56. The number of halogens is 2. The minimum atomic E-state index is -0.808. The van der Waals surface area contributed by atoms with Crippen molar-refractivity contribution in [3.63, 3.8) is 0 Å². The van der Waals surface area contributed by atoms with E-state index in [1.165, 1.54) is 12.1 Å². The third-order valence-electron chi connectivity index (χ3n) is 3.98. The van der Waals surface area contributed by atoms with Crippen LogP contribution in [0.1, 0.15) is 30.0 Å². The third kappa shape index (κ3) is 2.90. The van der Waals surface area contributed by atoms with E-state index >= 15 is 0 Å². The number of rotatable bonds is 2. The molecule has 0 saturated carbocycles. The Morgan fingerprint density at radius 2 is 1.90 bits per heavy atom. The van der Waals surface area contributed by atoms with Crippen LogP contribution in [-0.2, 0) is 6.54 Å². The number of benzene rings is 2. The maximum absolute atomic E-state index is 13.4. The van der Waals surface area contributed by atoms with Crippen molar-refractivity contribution in [3.05, 3.63) is 65.2 Å². The van der Waals surface area contributed by atoms with Gasteiger partial charge < -0.3 is 10.6 Å². The molecule has 4 heteroatoms. The van der Waals surface area contributed by atoms with Crippen molar-refractivity contribution in [1.29, 1.82) is 0 Å². The molecule has 1 aliphatic heterocycles. The van der Waals surface area contributed by atoms with Crippen LogP contribution in [0.15, 0.2) is 42.5 Å². The van der Waals surface area contributed by atoms with Gasteiger partial charge in [0, 0.05) is 24.8 Å². The van der Waals surface area contributed by atoms with Crippen LogP contribution in [0.2, 0.25) is 0 Å². The maximum Gasteiger partial charge on any atom is 0.159 e. The van der Waals surface area contributed by atoms with Crippen molar-refractivity contribution >= 4 is 5.69 Å². The number of hydrogen-bond donors (Lipinski definition) is 1. The maximum atomic E-state index is 13.4. The van der Waals surface area contributed by atoms with Gasteiger partial charge in [-0.15, -0.1) is 0 Å². The third-order valence-corrected chi connectivity index (χ3v) is 3.98. The summed E-state index contributed by atoms with van der Waals surface area (Å²) in [7, 11) is 0. The summed E-state index contributed by atoms with van der Waals surface area (Å²) in [5.41, 5.74) is 9.19. The summed E-state index contributed by atoms with van der Waals surface area (Å²) < 4.78 is 26.4. The highest BCUT2D eigenvalue weighted by atomic mass is 19.2. The van der Waals surface area contributed by atoms with Crippen LogP contribution in [0, 0.1) is 11.6 Å². The molecule has 0 spiro atoms. The molecule has 1 heterocycles. The van der Waals surface area contributed by atoms with Gasteiger partial charge in [-0.25, -0.2) is 8.78 Å². The van der Waals surface area contributed by atoms with Crippen LogP contribution in [-0.4, -0.2) is 6.54 Å². The Balaban J connectivity index is 1.91. The van der Waals surface area contributed by atoms with Crippen molar-refractivity contribution in [2.75, 3.05) is 11.4 Å². The Morgan fingerprint density at radius 1 is 1.10 bits per heavy atom. The van der Waals surface area contributed by atoms with Crippen LogP contribution >= 0.6 is 0 Å². The van der Waals surface area contributed by atoms with Crippen LogP contribution in [0.25, 0.3) is 0 Å². The van der Waals surface area contributed by atoms with E-state index in [9.17, 15) is 8.78 Å². The standard InChI is InChI=1S/C17H18F2N2/c18-14-8-7-12(10-15(14)19)11-21-9-3-5-16(20)13-4-1-2-6-17(13)21/h1-2,4,6-8,10,16H,3,5,9,11,20H2. The molecule has 1 aliphatic rings. The molecule has 0 aliphatic carbocycles. The number of fused-ring (bicyclic) bond motifs is 1. The summed E-state index contributed by atoms with van der Waals surface area (Å²) >= 11 is 0. The van der Waals surface area contributed by atoms with Crippen molar-refractivity contribution in [3.8, 4) is 0 Å². The SMILES string of the molecule is NC1CCCN(Cc2ccc(F)c(F)c2)c2ccccc21. The largest absolute Gasteiger partial charge is 0.367 e. The van der Waals surface area contributed by atoms with Gasteiger partial charge in [0.15, 0.2) is 11.6 Å². The number of nitrogens with zero attached hydrogens (tertiary/aromatic N) is 1. The predicted octanol–water partition coefficient (Wildman–Crippen LogP) is 3.77. The first kappa shape index (κ1) is 14.0. The summed E-state index contributed by atoms with van der Waals surface area (Å²) in [5, 5.41) is 0. The van der Waals surface area contributed by atoms with Crippen molar-refractivity contribution in [2.45, 2.75) is 25.4 Å². The molecule has 2 aromatic rings. The summed E-state index contributed by atoms with van der Waals surface area (Å²) in [6.07, 6.45) is 1.92.